The molecule has 0 aliphatic heterocycles. The highest BCUT2D eigenvalue weighted by Crippen LogP contribution is 2.32. The van der Waals surface area contributed by atoms with E-state index in [-0.39, 0.29) is 18.8 Å². The van der Waals surface area contributed by atoms with Crippen LogP contribution in [0.5, 0.6) is 11.5 Å². The van der Waals surface area contributed by atoms with E-state index >= 15 is 0 Å². The van der Waals surface area contributed by atoms with Crippen LogP contribution in [0.1, 0.15) is 55.5 Å². The van der Waals surface area contributed by atoms with Gasteiger partial charge in [0.2, 0.25) is 5.82 Å². The number of rotatable bonds is 15. The van der Waals surface area contributed by atoms with Crippen LogP contribution in [0.25, 0.3) is 23.1 Å². The lowest BCUT2D eigenvalue weighted by molar-refractivity contribution is -0.140. The number of aryl methyl sites for hydroxylation is 1. The van der Waals surface area contributed by atoms with Gasteiger partial charge in [0.25, 0.3) is 0 Å². The number of unbranched alkanes of at least 4 members (excludes halogenated alkanes) is 1. The molecule has 7 nitrogen and oxygen atoms in total. The van der Waals surface area contributed by atoms with Crippen molar-refractivity contribution in [2.24, 2.45) is 0 Å². The van der Waals surface area contributed by atoms with Gasteiger partial charge in [0.15, 0.2) is 11.6 Å². The lowest BCUT2D eigenvalue weighted by Gasteiger charge is -2.14. The number of hydrogen-bond donors (Lipinski definition) is 2. The van der Waals surface area contributed by atoms with Crippen molar-refractivity contribution >= 4 is 35.0 Å². The first-order chi connectivity index (χ1) is 20.3. The zero-order valence-electron chi connectivity index (χ0n) is 23.3. The molecule has 9 heteroatoms. The van der Waals surface area contributed by atoms with Gasteiger partial charge in [0.1, 0.15) is 11.8 Å². The number of ether oxygens (including phenoxy) is 2. The predicted molar refractivity (Wildman–Crippen MR) is 157 cm³/mol. The number of benzene rings is 3. The topological polar surface area (TPSA) is 98.0 Å². The molecule has 42 heavy (non-hydrogen) atoms. The molecule has 1 heterocycles. The molecule has 220 valence electrons. The van der Waals surface area contributed by atoms with Crippen LogP contribution in [0, 0.1) is 11.6 Å². The van der Waals surface area contributed by atoms with E-state index in [2.05, 4.69) is 0 Å². The van der Waals surface area contributed by atoms with E-state index in [1.165, 1.54) is 12.1 Å². The molecule has 1 aromatic heterocycles. The van der Waals surface area contributed by atoms with Crippen molar-refractivity contribution < 1.29 is 38.1 Å². The van der Waals surface area contributed by atoms with Crippen LogP contribution < -0.4 is 9.47 Å². The van der Waals surface area contributed by atoms with Gasteiger partial charge in [0.05, 0.1) is 13.2 Å². The molecule has 4 aromatic rings. The smallest absolute Gasteiger partial charge is 0.326 e. The number of aliphatic carboxylic acids is 2. The second-order valence-electron chi connectivity index (χ2n) is 9.87. The Balaban J connectivity index is 1.41. The van der Waals surface area contributed by atoms with E-state index in [1.54, 1.807) is 11.5 Å². The summed E-state index contributed by atoms with van der Waals surface area (Å²) in [5, 5.41) is 19.9. The second-order valence-corrected chi connectivity index (χ2v) is 9.87. The molecular weight excluding hydrogens is 544 g/mol. The Morgan fingerprint density at radius 2 is 1.60 bits per heavy atom. The maximum absolute atomic E-state index is 13.6. The highest BCUT2D eigenvalue weighted by atomic mass is 19.2. The van der Waals surface area contributed by atoms with Crippen LogP contribution >= 0.6 is 0 Å². The number of nitrogens with zero attached hydrogens (tertiary/aromatic N) is 1. The third-order valence-electron chi connectivity index (χ3n) is 6.91. The van der Waals surface area contributed by atoms with E-state index in [0.29, 0.717) is 38.0 Å². The number of fused-ring (bicyclic) bond motifs is 1. The predicted octanol–water partition coefficient (Wildman–Crippen LogP) is 7.38. The van der Waals surface area contributed by atoms with Crippen LogP contribution in [0.15, 0.2) is 66.7 Å². The zero-order valence-corrected chi connectivity index (χ0v) is 23.3. The van der Waals surface area contributed by atoms with Crippen LogP contribution in [0.4, 0.5) is 8.78 Å². The van der Waals surface area contributed by atoms with Gasteiger partial charge in [0, 0.05) is 23.0 Å². The molecule has 1 atom stereocenters. The second kappa shape index (κ2) is 14.3. The van der Waals surface area contributed by atoms with Crippen LogP contribution in [0.2, 0.25) is 0 Å². The SMILES string of the molecule is CC(C(=O)O)n1c(/C=C/c2ccc(OCCCCOc3cccc(F)c3F)cc2)c(CCCC(=O)O)c2ccccc21. The van der Waals surface area contributed by atoms with Gasteiger partial charge < -0.3 is 24.3 Å². The number of carbonyl (C=O) groups is 2. The molecule has 0 aliphatic carbocycles. The summed E-state index contributed by atoms with van der Waals surface area (Å²) in [6.45, 7) is 2.30. The van der Waals surface area contributed by atoms with Crippen molar-refractivity contribution in [1.82, 2.24) is 4.57 Å². The normalized spacial score (nSPS) is 12.1. The molecular formula is C33H33F2NO6. The summed E-state index contributed by atoms with van der Waals surface area (Å²) in [4.78, 5) is 23.1. The van der Waals surface area contributed by atoms with Crippen LogP contribution in [-0.4, -0.2) is 39.9 Å². The molecule has 1 unspecified atom stereocenters. The molecule has 0 radical (unpaired) electrons. The number of hydrogen-bond acceptors (Lipinski definition) is 4. The van der Waals surface area contributed by atoms with Crippen molar-refractivity contribution in [1.29, 1.82) is 0 Å². The monoisotopic (exact) mass is 577 g/mol. The molecule has 0 amide bonds. The minimum absolute atomic E-state index is 0.0250. The summed E-state index contributed by atoms with van der Waals surface area (Å²) in [6.07, 6.45) is 6.01. The molecule has 0 bridgehead atoms. The number of para-hydroxylation sites is 1. The summed E-state index contributed by atoms with van der Waals surface area (Å²) in [5.74, 6) is -3.20. The van der Waals surface area contributed by atoms with Gasteiger partial charge in [-0.2, -0.15) is 4.39 Å². The van der Waals surface area contributed by atoms with E-state index in [4.69, 9.17) is 14.6 Å². The Bertz CT molecular complexity index is 1560. The minimum Gasteiger partial charge on any atom is -0.494 e. The Morgan fingerprint density at radius 3 is 2.31 bits per heavy atom. The van der Waals surface area contributed by atoms with E-state index < -0.39 is 29.6 Å². The largest absolute Gasteiger partial charge is 0.494 e. The summed E-state index contributed by atoms with van der Waals surface area (Å²) < 4.78 is 39.8. The van der Waals surface area contributed by atoms with Crippen molar-refractivity contribution in [3.63, 3.8) is 0 Å². The fraction of sp³-hybridized carbons (Fsp3) is 0.273. The number of aromatic nitrogens is 1. The van der Waals surface area contributed by atoms with Crippen molar-refractivity contribution in [3.8, 4) is 11.5 Å². The Kier molecular flexibility index (Phi) is 10.3. The van der Waals surface area contributed by atoms with Gasteiger partial charge in [-0.3, -0.25) is 4.79 Å². The third-order valence-corrected chi connectivity index (χ3v) is 6.91. The average molecular weight is 578 g/mol. The number of carboxylic acids is 2. The first-order valence-corrected chi connectivity index (χ1v) is 13.8. The van der Waals surface area contributed by atoms with Crippen molar-refractivity contribution in [2.75, 3.05) is 13.2 Å². The van der Waals surface area contributed by atoms with Gasteiger partial charge in [-0.15, -0.1) is 0 Å². The Hall–Kier alpha value is -4.66. The molecule has 0 saturated heterocycles. The molecule has 0 aliphatic rings. The van der Waals surface area contributed by atoms with Gasteiger partial charge in [-0.1, -0.05) is 42.5 Å². The fourth-order valence-corrected chi connectivity index (χ4v) is 4.76. The van der Waals surface area contributed by atoms with E-state index in [9.17, 15) is 23.5 Å². The minimum atomic E-state index is -0.991. The molecule has 0 spiro atoms. The Morgan fingerprint density at radius 1 is 0.881 bits per heavy atom. The summed E-state index contributed by atoms with van der Waals surface area (Å²) in [7, 11) is 0. The first-order valence-electron chi connectivity index (χ1n) is 13.8. The maximum Gasteiger partial charge on any atom is 0.326 e. The summed E-state index contributed by atoms with van der Waals surface area (Å²) in [6, 6.07) is 18.0. The zero-order chi connectivity index (χ0) is 30.1. The summed E-state index contributed by atoms with van der Waals surface area (Å²) in [5.41, 5.74) is 3.31. The molecule has 4 rings (SSSR count). The molecule has 3 aromatic carbocycles. The van der Waals surface area contributed by atoms with Gasteiger partial charge in [-0.25, -0.2) is 9.18 Å². The number of halogens is 2. The van der Waals surface area contributed by atoms with Crippen LogP contribution in [-0.2, 0) is 16.0 Å². The fourth-order valence-electron chi connectivity index (χ4n) is 4.76. The molecule has 2 N–H and O–H groups in total. The summed E-state index contributed by atoms with van der Waals surface area (Å²) >= 11 is 0. The molecule has 0 saturated carbocycles. The van der Waals surface area contributed by atoms with Gasteiger partial charge in [-0.05, 0) is 80.1 Å². The maximum atomic E-state index is 13.6. The van der Waals surface area contributed by atoms with E-state index in [0.717, 1.165) is 33.8 Å². The van der Waals surface area contributed by atoms with Crippen LogP contribution in [0.3, 0.4) is 0 Å². The third kappa shape index (κ3) is 7.54. The van der Waals surface area contributed by atoms with Crippen molar-refractivity contribution in [3.05, 3.63) is 95.2 Å². The quantitative estimate of drug-likeness (QED) is 0.143. The number of carboxylic acid groups (broad SMARTS) is 2. The Labute approximate surface area is 242 Å². The molecule has 0 fully saturated rings. The van der Waals surface area contributed by atoms with E-state index in [1.807, 2.05) is 60.7 Å². The van der Waals surface area contributed by atoms with Gasteiger partial charge >= 0.3 is 11.9 Å². The first kappa shape index (κ1) is 30.3. The lowest BCUT2D eigenvalue weighted by atomic mass is 10.0. The standard InChI is InChI=1S/C33H33F2NO6/c1-22(33(39)40)36-28-11-3-2-8-25(28)26(9-6-13-31(37)38)29(36)19-16-23-14-17-24(18-15-23)41-20-4-5-21-42-30-12-7-10-27(34)32(30)35/h2-3,7-8,10-12,14-19,22H,4-6,9,13,20-21H2,1H3,(H,37,38)(H,39,40)/b19-16+. The van der Waals surface area contributed by atoms with Crippen molar-refractivity contribution in [2.45, 2.75) is 45.1 Å². The lowest BCUT2D eigenvalue weighted by Crippen LogP contribution is -2.16. The average Bonchev–Trinajstić information content (AvgIpc) is 3.28. The highest BCUT2D eigenvalue weighted by Gasteiger charge is 2.22. The highest BCUT2D eigenvalue weighted by molar-refractivity contribution is 5.91.